The Morgan fingerprint density at radius 2 is 1.82 bits per heavy atom. The molecule has 3 atom stereocenters. The summed E-state index contributed by atoms with van der Waals surface area (Å²) in [6.07, 6.45) is -3.71. The van der Waals surface area contributed by atoms with Crippen LogP contribution >= 0.6 is 0 Å². The summed E-state index contributed by atoms with van der Waals surface area (Å²) < 4.78 is 49.8. The lowest BCUT2D eigenvalue weighted by Crippen LogP contribution is -2.45. The molecule has 2 aliphatic rings. The minimum Gasteiger partial charge on any atom is -0.493 e. The number of benzene rings is 3. The van der Waals surface area contributed by atoms with Gasteiger partial charge < -0.3 is 25.5 Å². The highest BCUT2D eigenvalue weighted by atomic mass is 19.4. The van der Waals surface area contributed by atoms with Crippen LogP contribution in [-0.4, -0.2) is 29.6 Å². The average Bonchev–Trinajstić information content (AvgIpc) is 3.39. The SMILES string of the molecule is NC1c2cc(C=O)cc3c2C(N)(CCO3)C1c1cc2ccccc2n1Cc1ccc(COC(=O)C(F)(F)F)cc1. The Balaban J connectivity index is 1.37. The average molecular weight is 550 g/mol. The number of carbonyl (C=O) groups excluding carboxylic acids is 2. The molecule has 6 rings (SSSR count). The van der Waals surface area contributed by atoms with Crippen LogP contribution in [0.1, 0.15) is 56.7 Å². The Bertz CT molecular complexity index is 1630. The molecule has 4 aromatic rings. The number of hydrogen-bond donors (Lipinski definition) is 2. The van der Waals surface area contributed by atoms with Crippen molar-refractivity contribution in [2.75, 3.05) is 6.61 Å². The van der Waals surface area contributed by atoms with Crippen LogP contribution in [0.4, 0.5) is 13.2 Å². The van der Waals surface area contributed by atoms with Gasteiger partial charge >= 0.3 is 12.1 Å². The number of aldehydes is 1. The van der Waals surface area contributed by atoms with Crippen LogP contribution in [0.25, 0.3) is 10.9 Å². The number of ether oxygens (including phenoxy) is 2. The Morgan fingerprint density at radius 1 is 1.10 bits per heavy atom. The molecule has 2 heterocycles. The largest absolute Gasteiger partial charge is 0.493 e. The molecular weight excluding hydrogens is 523 g/mol. The lowest BCUT2D eigenvalue weighted by Gasteiger charge is -2.38. The third-order valence-corrected chi connectivity index (χ3v) is 7.93. The first-order valence-corrected chi connectivity index (χ1v) is 12.8. The van der Waals surface area contributed by atoms with Crippen molar-refractivity contribution in [2.24, 2.45) is 11.5 Å². The minimum absolute atomic E-state index is 0.305. The summed E-state index contributed by atoms with van der Waals surface area (Å²) in [7, 11) is 0. The summed E-state index contributed by atoms with van der Waals surface area (Å²) >= 11 is 0. The number of para-hydroxylation sites is 1. The van der Waals surface area contributed by atoms with Gasteiger partial charge in [-0.1, -0.05) is 42.5 Å². The van der Waals surface area contributed by atoms with Crippen molar-refractivity contribution in [3.8, 4) is 5.75 Å². The molecule has 0 bridgehead atoms. The number of carbonyl (C=O) groups is 2. The molecule has 0 amide bonds. The van der Waals surface area contributed by atoms with Gasteiger partial charge in [-0.3, -0.25) is 4.79 Å². The van der Waals surface area contributed by atoms with E-state index in [-0.39, 0.29) is 5.92 Å². The number of halogens is 3. The van der Waals surface area contributed by atoms with Gasteiger partial charge in [0.25, 0.3) is 0 Å². The second-order valence-electron chi connectivity index (χ2n) is 10.3. The van der Waals surface area contributed by atoms with E-state index in [9.17, 15) is 22.8 Å². The van der Waals surface area contributed by atoms with Crippen molar-refractivity contribution < 1.29 is 32.2 Å². The van der Waals surface area contributed by atoms with Crippen molar-refractivity contribution in [2.45, 2.75) is 43.2 Å². The number of nitrogens with two attached hydrogens (primary N) is 2. The fourth-order valence-electron chi connectivity index (χ4n) is 6.14. The molecule has 0 fully saturated rings. The van der Waals surface area contributed by atoms with Gasteiger partial charge in [0.05, 0.1) is 12.1 Å². The molecule has 0 saturated heterocycles. The summed E-state index contributed by atoms with van der Waals surface area (Å²) in [6, 6.07) is 19.9. The van der Waals surface area contributed by atoms with E-state index < -0.39 is 30.3 Å². The first kappa shape index (κ1) is 26.1. The quantitative estimate of drug-likeness (QED) is 0.263. The topological polar surface area (TPSA) is 110 Å². The summed E-state index contributed by atoms with van der Waals surface area (Å²) in [5, 5.41) is 1.01. The van der Waals surface area contributed by atoms with Crippen LogP contribution in [0.3, 0.4) is 0 Å². The summed E-state index contributed by atoms with van der Waals surface area (Å²) in [5.74, 6) is -1.93. The summed E-state index contributed by atoms with van der Waals surface area (Å²) in [6.45, 7) is 0.369. The van der Waals surface area contributed by atoms with E-state index in [2.05, 4.69) is 15.4 Å². The van der Waals surface area contributed by atoms with Gasteiger partial charge in [0, 0.05) is 47.3 Å². The van der Waals surface area contributed by atoms with E-state index in [0.717, 1.165) is 39.6 Å². The highest BCUT2D eigenvalue weighted by Gasteiger charge is 2.53. The van der Waals surface area contributed by atoms with Gasteiger partial charge in [0.15, 0.2) is 0 Å². The fraction of sp³-hybridized carbons (Fsp3) is 0.267. The molecule has 10 heteroatoms. The van der Waals surface area contributed by atoms with E-state index in [0.29, 0.717) is 36.4 Å². The predicted molar refractivity (Wildman–Crippen MR) is 141 cm³/mol. The normalized spacial score (nSPS) is 21.6. The third-order valence-electron chi connectivity index (χ3n) is 7.93. The third kappa shape index (κ3) is 4.24. The minimum atomic E-state index is -5.03. The van der Waals surface area contributed by atoms with Crippen LogP contribution in [0, 0.1) is 0 Å². The molecule has 7 nitrogen and oxygen atoms in total. The molecule has 40 heavy (non-hydrogen) atoms. The van der Waals surface area contributed by atoms with Crippen molar-refractivity contribution in [1.29, 1.82) is 0 Å². The van der Waals surface area contributed by atoms with E-state index in [1.807, 2.05) is 24.3 Å². The number of rotatable bonds is 6. The smallest absolute Gasteiger partial charge is 0.490 e. The molecule has 3 aromatic carbocycles. The number of nitrogens with zero attached hydrogens (tertiary/aromatic N) is 1. The van der Waals surface area contributed by atoms with Crippen molar-refractivity contribution >= 4 is 23.2 Å². The van der Waals surface area contributed by atoms with Crippen molar-refractivity contribution in [1.82, 2.24) is 4.57 Å². The van der Waals surface area contributed by atoms with Crippen LogP contribution in [0.5, 0.6) is 5.75 Å². The predicted octanol–water partition coefficient (Wildman–Crippen LogP) is 4.84. The van der Waals surface area contributed by atoms with Gasteiger partial charge in [-0.15, -0.1) is 0 Å². The Hall–Kier alpha value is -4.15. The van der Waals surface area contributed by atoms with Crippen LogP contribution in [-0.2, 0) is 28.2 Å². The van der Waals surface area contributed by atoms with Crippen LogP contribution in [0.2, 0.25) is 0 Å². The van der Waals surface area contributed by atoms with Crippen molar-refractivity contribution in [3.63, 3.8) is 0 Å². The zero-order valence-electron chi connectivity index (χ0n) is 21.3. The van der Waals surface area contributed by atoms with Gasteiger partial charge in [-0.25, -0.2) is 4.79 Å². The van der Waals surface area contributed by atoms with Gasteiger partial charge in [-0.2, -0.15) is 13.2 Å². The first-order valence-electron chi connectivity index (χ1n) is 12.8. The molecule has 1 aromatic heterocycles. The zero-order chi connectivity index (χ0) is 28.2. The van der Waals surface area contributed by atoms with E-state index in [4.69, 9.17) is 16.2 Å². The number of alkyl halides is 3. The number of fused-ring (bicyclic) bond motifs is 1. The monoisotopic (exact) mass is 549 g/mol. The number of aromatic nitrogens is 1. The molecule has 3 unspecified atom stereocenters. The Kier molecular flexibility index (Phi) is 6.19. The lowest BCUT2D eigenvalue weighted by molar-refractivity contribution is -0.201. The molecule has 4 N–H and O–H groups in total. The molecule has 0 spiro atoms. The molecular formula is C30H26F3N3O4. The van der Waals surface area contributed by atoms with Gasteiger partial charge in [-0.05, 0) is 46.3 Å². The Morgan fingerprint density at radius 3 is 2.55 bits per heavy atom. The molecule has 1 aliphatic heterocycles. The lowest BCUT2D eigenvalue weighted by atomic mass is 9.77. The molecule has 1 aliphatic carbocycles. The van der Waals surface area contributed by atoms with Gasteiger partial charge in [0.1, 0.15) is 18.6 Å². The Labute approximate surface area is 227 Å². The molecule has 0 saturated carbocycles. The first-order chi connectivity index (χ1) is 19.1. The second-order valence-corrected chi connectivity index (χ2v) is 10.3. The molecule has 206 valence electrons. The summed E-state index contributed by atoms with van der Waals surface area (Å²) in [4.78, 5) is 22.7. The number of esters is 1. The maximum absolute atomic E-state index is 12.5. The standard InChI is InChI=1S/C30H26F3N3O4/c31-30(32,33)28(38)40-16-18-7-5-17(6-8-18)14-36-22-4-2-1-3-20(22)13-23(36)26-27(34)21-11-19(15-37)12-24-25(21)29(26,35)9-10-39-24/h1-8,11-13,15,26-27H,9-10,14,16,34-35H2. The van der Waals surface area contributed by atoms with E-state index >= 15 is 0 Å². The van der Waals surface area contributed by atoms with Crippen molar-refractivity contribution in [3.05, 3.63) is 100 Å². The molecule has 0 radical (unpaired) electrons. The fourth-order valence-corrected chi connectivity index (χ4v) is 6.14. The summed E-state index contributed by atoms with van der Waals surface area (Å²) in [5.41, 5.74) is 18.7. The maximum Gasteiger partial charge on any atom is 0.490 e. The highest BCUT2D eigenvalue weighted by molar-refractivity contribution is 5.82. The van der Waals surface area contributed by atoms with Crippen LogP contribution < -0.4 is 16.2 Å². The van der Waals surface area contributed by atoms with E-state index in [1.165, 1.54) is 0 Å². The highest BCUT2D eigenvalue weighted by Crippen LogP contribution is 2.57. The van der Waals surface area contributed by atoms with E-state index in [1.54, 1.807) is 36.4 Å². The second kappa shape index (κ2) is 9.50. The zero-order valence-corrected chi connectivity index (χ0v) is 21.3. The maximum atomic E-state index is 12.5. The van der Waals surface area contributed by atoms with Gasteiger partial charge in [0.2, 0.25) is 0 Å². The van der Waals surface area contributed by atoms with Crippen LogP contribution in [0.15, 0.2) is 66.7 Å². The number of hydrogen-bond acceptors (Lipinski definition) is 6.